The molecule has 0 unspecified atom stereocenters. The molecule has 2 amide bonds. The van der Waals surface area contributed by atoms with E-state index in [0.717, 1.165) is 22.6 Å². The Kier molecular flexibility index (Phi) is 5.26. The van der Waals surface area contributed by atoms with E-state index in [1.54, 1.807) is 12.0 Å². The molecule has 1 N–H and O–H groups in total. The molecule has 1 atom stereocenters. The maximum Gasteiger partial charge on any atom is 0.229 e. The molecule has 2 aromatic carbocycles. The van der Waals surface area contributed by atoms with Gasteiger partial charge in [0.05, 0.1) is 13.0 Å². The highest BCUT2D eigenvalue weighted by Crippen LogP contribution is 2.23. The molecular formula is C21H24N2O3. The summed E-state index contributed by atoms with van der Waals surface area (Å²) in [6.07, 6.45) is 0.257. The SMILES string of the molecule is COc1ccc(CN2C[C@H](C(=O)Nc3ccc(C)c(C)c3)CC2=O)cc1. The van der Waals surface area contributed by atoms with Gasteiger partial charge in [0.15, 0.2) is 0 Å². The van der Waals surface area contributed by atoms with Gasteiger partial charge >= 0.3 is 0 Å². The second kappa shape index (κ2) is 7.60. The van der Waals surface area contributed by atoms with Crippen molar-refractivity contribution < 1.29 is 14.3 Å². The Balaban J connectivity index is 1.60. The van der Waals surface area contributed by atoms with Crippen LogP contribution in [0, 0.1) is 19.8 Å². The fraction of sp³-hybridized carbons (Fsp3) is 0.333. The zero-order chi connectivity index (χ0) is 18.7. The summed E-state index contributed by atoms with van der Waals surface area (Å²) in [6, 6.07) is 13.5. The standard InChI is InChI=1S/C21H24N2O3/c1-14-4-7-18(10-15(14)2)22-21(25)17-11-20(24)23(13-17)12-16-5-8-19(26-3)9-6-16/h4-10,17H,11-13H2,1-3H3,(H,22,25)/t17-/m1/s1. The first-order valence-electron chi connectivity index (χ1n) is 8.75. The first kappa shape index (κ1) is 18.0. The topological polar surface area (TPSA) is 58.6 Å². The van der Waals surface area contributed by atoms with Crippen LogP contribution in [0.5, 0.6) is 5.75 Å². The molecule has 1 aliphatic rings. The highest BCUT2D eigenvalue weighted by Gasteiger charge is 2.34. The second-order valence-electron chi connectivity index (χ2n) is 6.81. The molecule has 1 saturated heterocycles. The van der Waals surface area contributed by atoms with Gasteiger partial charge in [0.1, 0.15) is 5.75 Å². The summed E-state index contributed by atoms with van der Waals surface area (Å²) in [5, 5.41) is 2.94. The van der Waals surface area contributed by atoms with Gasteiger partial charge in [-0.3, -0.25) is 9.59 Å². The maximum atomic E-state index is 12.5. The molecule has 0 aromatic heterocycles. The van der Waals surface area contributed by atoms with E-state index >= 15 is 0 Å². The van der Waals surface area contributed by atoms with Crippen molar-refractivity contribution in [2.75, 3.05) is 19.0 Å². The zero-order valence-corrected chi connectivity index (χ0v) is 15.4. The van der Waals surface area contributed by atoms with E-state index in [9.17, 15) is 9.59 Å². The number of nitrogens with zero attached hydrogens (tertiary/aromatic N) is 1. The molecule has 5 heteroatoms. The van der Waals surface area contributed by atoms with Gasteiger partial charge in [-0.15, -0.1) is 0 Å². The number of anilines is 1. The monoisotopic (exact) mass is 352 g/mol. The fourth-order valence-electron chi connectivity index (χ4n) is 3.12. The van der Waals surface area contributed by atoms with E-state index < -0.39 is 0 Å². The lowest BCUT2D eigenvalue weighted by Crippen LogP contribution is -2.28. The number of rotatable bonds is 5. The van der Waals surface area contributed by atoms with E-state index in [0.29, 0.717) is 13.1 Å². The average Bonchev–Trinajstić information content (AvgIpc) is 3.00. The Morgan fingerprint density at radius 3 is 2.54 bits per heavy atom. The lowest BCUT2D eigenvalue weighted by molar-refractivity contribution is -0.128. The van der Waals surface area contributed by atoms with Gasteiger partial charge in [-0.1, -0.05) is 18.2 Å². The number of hydrogen-bond donors (Lipinski definition) is 1. The number of nitrogens with one attached hydrogen (secondary N) is 1. The third kappa shape index (κ3) is 4.04. The third-order valence-electron chi connectivity index (χ3n) is 4.89. The van der Waals surface area contributed by atoms with E-state index in [4.69, 9.17) is 4.74 Å². The number of ether oxygens (including phenoxy) is 1. The normalized spacial score (nSPS) is 16.7. The van der Waals surface area contributed by atoms with Gasteiger partial charge in [-0.2, -0.15) is 0 Å². The number of amides is 2. The number of likely N-dealkylation sites (tertiary alicyclic amines) is 1. The Bertz CT molecular complexity index is 815. The van der Waals surface area contributed by atoms with Gasteiger partial charge in [0.25, 0.3) is 0 Å². The molecule has 5 nitrogen and oxygen atoms in total. The van der Waals surface area contributed by atoms with Crippen LogP contribution in [-0.4, -0.2) is 30.4 Å². The Hall–Kier alpha value is -2.82. The van der Waals surface area contributed by atoms with Crippen LogP contribution in [0.2, 0.25) is 0 Å². The summed E-state index contributed by atoms with van der Waals surface area (Å²) in [5.41, 5.74) is 4.12. The van der Waals surface area contributed by atoms with Crippen molar-refractivity contribution in [3.8, 4) is 5.75 Å². The molecule has 0 aliphatic carbocycles. The van der Waals surface area contributed by atoms with Crippen molar-refractivity contribution in [3.63, 3.8) is 0 Å². The highest BCUT2D eigenvalue weighted by molar-refractivity contribution is 5.97. The van der Waals surface area contributed by atoms with Gasteiger partial charge in [-0.05, 0) is 54.8 Å². The summed E-state index contributed by atoms with van der Waals surface area (Å²) in [6.45, 7) is 5.01. The highest BCUT2D eigenvalue weighted by atomic mass is 16.5. The molecule has 1 fully saturated rings. The molecule has 26 heavy (non-hydrogen) atoms. The van der Waals surface area contributed by atoms with Crippen molar-refractivity contribution in [3.05, 3.63) is 59.2 Å². The Labute approximate surface area is 154 Å². The minimum Gasteiger partial charge on any atom is -0.497 e. The van der Waals surface area contributed by atoms with Crippen molar-refractivity contribution in [1.29, 1.82) is 0 Å². The molecule has 1 aliphatic heterocycles. The van der Waals surface area contributed by atoms with E-state index in [1.807, 2.05) is 56.3 Å². The molecular weight excluding hydrogens is 328 g/mol. The number of carbonyl (C=O) groups excluding carboxylic acids is 2. The predicted octanol–water partition coefficient (Wildman–Crippen LogP) is 3.30. The van der Waals surface area contributed by atoms with Crippen LogP contribution in [0.25, 0.3) is 0 Å². The van der Waals surface area contributed by atoms with Gasteiger partial charge in [0.2, 0.25) is 11.8 Å². The first-order valence-corrected chi connectivity index (χ1v) is 8.75. The van der Waals surface area contributed by atoms with Crippen molar-refractivity contribution in [1.82, 2.24) is 4.90 Å². The lowest BCUT2D eigenvalue weighted by Gasteiger charge is -2.17. The minimum atomic E-state index is -0.317. The molecule has 0 bridgehead atoms. The molecule has 1 heterocycles. The molecule has 0 spiro atoms. The second-order valence-corrected chi connectivity index (χ2v) is 6.81. The van der Waals surface area contributed by atoms with Crippen LogP contribution in [0.1, 0.15) is 23.1 Å². The summed E-state index contributed by atoms with van der Waals surface area (Å²) in [5.74, 6) is 0.384. The Morgan fingerprint density at radius 2 is 1.88 bits per heavy atom. The predicted molar refractivity (Wildman–Crippen MR) is 101 cm³/mol. The summed E-state index contributed by atoms with van der Waals surface area (Å²) < 4.78 is 5.15. The molecule has 2 aromatic rings. The third-order valence-corrected chi connectivity index (χ3v) is 4.89. The van der Waals surface area contributed by atoms with Crippen molar-refractivity contribution in [2.45, 2.75) is 26.8 Å². The maximum absolute atomic E-state index is 12.5. The molecule has 0 saturated carbocycles. The lowest BCUT2D eigenvalue weighted by atomic mass is 10.1. The van der Waals surface area contributed by atoms with Crippen LogP contribution < -0.4 is 10.1 Å². The quantitative estimate of drug-likeness (QED) is 0.898. The van der Waals surface area contributed by atoms with Crippen LogP contribution in [-0.2, 0) is 16.1 Å². The molecule has 3 rings (SSSR count). The summed E-state index contributed by atoms with van der Waals surface area (Å²) >= 11 is 0. The Morgan fingerprint density at radius 1 is 1.15 bits per heavy atom. The van der Waals surface area contributed by atoms with E-state index in [-0.39, 0.29) is 24.2 Å². The minimum absolute atomic E-state index is 0.0149. The number of benzene rings is 2. The zero-order valence-electron chi connectivity index (χ0n) is 15.4. The number of aryl methyl sites for hydroxylation is 2. The number of carbonyl (C=O) groups is 2. The first-order chi connectivity index (χ1) is 12.5. The van der Waals surface area contributed by atoms with Crippen LogP contribution >= 0.6 is 0 Å². The van der Waals surface area contributed by atoms with Crippen molar-refractivity contribution >= 4 is 17.5 Å². The van der Waals surface area contributed by atoms with Crippen LogP contribution in [0.4, 0.5) is 5.69 Å². The van der Waals surface area contributed by atoms with Crippen LogP contribution in [0.15, 0.2) is 42.5 Å². The number of hydrogen-bond acceptors (Lipinski definition) is 3. The molecule has 136 valence electrons. The average molecular weight is 352 g/mol. The van der Waals surface area contributed by atoms with Gasteiger partial charge < -0.3 is 15.0 Å². The van der Waals surface area contributed by atoms with Crippen molar-refractivity contribution in [2.24, 2.45) is 5.92 Å². The number of methoxy groups -OCH3 is 1. The summed E-state index contributed by atoms with van der Waals surface area (Å²) in [7, 11) is 1.62. The van der Waals surface area contributed by atoms with Gasteiger partial charge in [0, 0.05) is 25.2 Å². The van der Waals surface area contributed by atoms with Gasteiger partial charge in [-0.25, -0.2) is 0 Å². The van der Waals surface area contributed by atoms with Crippen LogP contribution in [0.3, 0.4) is 0 Å². The largest absolute Gasteiger partial charge is 0.497 e. The summed E-state index contributed by atoms with van der Waals surface area (Å²) in [4.78, 5) is 26.6. The molecule has 0 radical (unpaired) electrons. The van der Waals surface area contributed by atoms with E-state index in [2.05, 4.69) is 5.32 Å². The smallest absolute Gasteiger partial charge is 0.229 e. The fourth-order valence-corrected chi connectivity index (χ4v) is 3.12. The van der Waals surface area contributed by atoms with E-state index in [1.165, 1.54) is 5.56 Å².